The number of hydrogen-bond donors (Lipinski definition) is 1. The molecule has 2 aromatic heterocycles. The number of amides is 1. The van der Waals surface area contributed by atoms with Crippen molar-refractivity contribution in [1.82, 2.24) is 9.97 Å². The quantitative estimate of drug-likeness (QED) is 0.696. The van der Waals surface area contributed by atoms with Crippen molar-refractivity contribution in [1.29, 1.82) is 0 Å². The molecule has 0 bridgehead atoms. The number of aromatic nitrogens is 2. The lowest BCUT2D eigenvalue weighted by Crippen LogP contribution is -2.32. The molecule has 7 heteroatoms. The first-order valence-corrected chi connectivity index (χ1v) is 10.9. The van der Waals surface area contributed by atoms with E-state index in [1.807, 2.05) is 29.6 Å². The highest BCUT2D eigenvalue weighted by Crippen LogP contribution is 2.32. The van der Waals surface area contributed by atoms with E-state index in [4.69, 9.17) is 4.74 Å². The Hall–Kier alpha value is -2.93. The second-order valence-electron chi connectivity index (χ2n) is 7.34. The molecule has 0 spiro atoms. The van der Waals surface area contributed by atoms with Crippen molar-refractivity contribution in [3.63, 3.8) is 0 Å². The van der Waals surface area contributed by atoms with Crippen LogP contribution in [0.15, 0.2) is 41.9 Å². The van der Waals surface area contributed by atoms with Crippen molar-refractivity contribution in [2.45, 2.75) is 25.7 Å². The molecule has 0 atom stereocenters. The summed E-state index contributed by atoms with van der Waals surface area (Å²) in [6.07, 6.45) is 6.19. The maximum Gasteiger partial charge on any atom is 0.261 e. The van der Waals surface area contributed by atoms with Crippen molar-refractivity contribution < 1.29 is 9.53 Å². The van der Waals surface area contributed by atoms with Gasteiger partial charge in [-0.05, 0) is 55.2 Å². The van der Waals surface area contributed by atoms with Gasteiger partial charge in [-0.2, -0.15) is 0 Å². The average Bonchev–Trinajstić information content (AvgIpc) is 3.43. The SMILES string of the molecule is O=C(Nc1nc(-c2ccc3c(c2)CCO3)cs1)c1cccnc1N1CCCCC1. The molecule has 1 N–H and O–H groups in total. The molecule has 0 unspecified atom stereocenters. The fourth-order valence-electron chi connectivity index (χ4n) is 3.91. The molecule has 0 radical (unpaired) electrons. The lowest BCUT2D eigenvalue weighted by molar-refractivity contribution is 0.102. The van der Waals surface area contributed by atoms with Crippen LogP contribution in [-0.4, -0.2) is 35.6 Å². The summed E-state index contributed by atoms with van der Waals surface area (Å²) in [7, 11) is 0. The molecule has 3 aromatic rings. The van der Waals surface area contributed by atoms with Crippen LogP contribution < -0.4 is 15.0 Å². The molecule has 5 rings (SSSR count). The normalized spacial score (nSPS) is 15.7. The van der Waals surface area contributed by atoms with Gasteiger partial charge in [-0.3, -0.25) is 10.1 Å². The predicted octanol–water partition coefficient (Wildman–Crippen LogP) is 4.38. The fourth-order valence-corrected chi connectivity index (χ4v) is 4.62. The number of ether oxygens (including phenoxy) is 1. The van der Waals surface area contributed by atoms with Crippen molar-refractivity contribution in [3.05, 3.63) is 53.0 Å². The molecule has 1 fully saturated rings. The minimum absolute atomic E-state index is 0.165. The standard InChI is InChI=1S/C22H22N4O2S/c27-21(17-5-4-9-23-20(17)26-10-2-1-3-11-26)25-22-24-18(14-29-22)15-6-7-19-16(13-15)8-12-28-19/h4-7,9,13-14H,1-3,8,10-12H2,(H,24,25,27). The second kappa shape index (κ2) is 7.83. The zero-order valence-electron chi connectivity index (χ0n) is 16.1. The van der Waals surface area contributed by atoms with E-state index in [0.29, 0.717) is 10.7 Å². The third kappa shape index (κ3) is 3.70. The number of benzene rings is 1. The highest BCUT2D eigenvalue weighted by molar-refractivity contribution is 7.14. The van der Waals surface area contributed by atoms with E-state index < -0.39 is 0 Å². The fraction of sp³-hybridized carbons (Fsp3) is 0.318. The van der Waals surface area contributed by atoms with Crippen LogP contribution in [0.2, 0.25) is 0 Å². The third-order valence-corrected chi connectivity index (χ3v) is 6.15. The first-order chi connectivity index (χ1) is 14.3. The number of pyridine rings is 1. The van der Waals surface area contributed by atoms with Crippen LogP contribution >= 0.6 is 11.3 Å². The maximum atomic E-state index is 12.9. The molecule has 148 valence electrons. The smallest absolute Gasteiger partial charge is 0.261 e. The number of piperidine rings is 1. The van der Waals surface area contributed by atoms with E-state index in [1.54, 1.807) is 6.20 Å². The van der Waals surface area contributed by atoms with Gasteiger partial charge in [0, 0.05) is 36.7 Å². The lowest BCUT2D eigenvalue weighted by atomic mass is 10.1. The van der Waals surface area contributed by atoms with E-state index in [2.05, 4.69) is 26.3 Å². The van der Waals surface area contributed by atoms with Crippen LogP contribution in [0.5, 0.6) is 5.75 Å². The number of carbonyl (C=O) groups excluding carboxylic acids is 1. The number of hydrogen-bond acceptors (Lipinski definition) is 6. The van der Waals surface area contributed by atoms with Gasteiger partial charge in [-0.15, -0.1) is 11.3 Å². The van der Waals surface area contributed by atoms with Crippen LogP contribution in [-0.2, 0) is 6.42 Å². The van der Waals surface area contributed by atoms with Crippen LogP contribution in [0.25, 0.3) is 11.3 Å². The Bertz CT molecular complexity index is 1040. The zero-order chi connectivity index (χ0) is 19.6. The summed E-state index contributed by atoms with van der Waals surface area (Å²) in [6, 6.07) is 9.78. The first-order valence-electron chi connectivity index (χ1n) is 10.0. The van der Waals surface area contributed by atoms with Gasteiger partial charge in [0.1, 0.15) is 11.6 Å². The van der Waals surface area contributed by atoms with Crippen molar-refractivity contribution in [3.8, 4) is 17.0 Å². The number of nitrogens with one attached hydrogen (secondary N) is 1. The number of carbonyl (C=O) groups is 1. The molecule has 4 heterocycles. The summed E-state index contributed by atoms with van der Waals surface area (Å²) in [5.74, 6) is 1.56. The minimum atomic E-state index is -0.165. The highest BCUT2D eigenvalue weighted by Gasteiger charge is 2.21. The number of fused-ring (bicyclic) bond motifs is 1. The molecule has 2 aliphatic heterocycles. The van der Waals surface area contributed by atoms with Crippen LogP contribution in [0.3, 0.4) is 0 Å². The topological polar surface area (TPSA) is 67.3 Å². The van der Waals surface area contributed by atoms with Crippen LogP contribution in [0, 0.1) is 0 Å². The largest absolute Gasteiger partial charge is 0.493 e. The van der Waals surface area contributed by atoms with Gasteiger partial charge in [-0.25, -0.2) is 9.97 Å². The molecule has 0 saturated carbocycles. The van der Waals surface area contributed by atoms with Crippen molar-refractivity contribution in [2.75, 3.05) is 29.9 Å². The zero-order valence-corrected chi connectivity index (χ0v) is 16.9. The molecular formula is C22H22N4O2S. The molecule has 1 saturated heterocycles. The van der Waals surface area contributed by atoms with Gasteiger partial charge in [-0.1, -0.05) is 0 Å². The summed E-state index contributed by atoms with van der Waals surface area (Å²) in [5, 5.41) is 5.52. The lowest BCUT2D eigenvalue weighted by Gasteiger charge is -2.28. The Morgan fingerprint density at radius 2 is 2.07 bits per heavy atom. The Morgan fingerprint density at radius 3 is 2.97 bits per heavy atom. The van der Waals surface area contributed by atoms with E-state index in [1.165, 1.54) is 23.3 Å². The van der Waals surface area contributed by atoms with E-state index in [9.17, 15) is 4.79 Å². The van der Waals surface area contributed by atoms with Crippen molar-refractivity contribution >= 4 is 28.2 Å². The van der Waals surface area contributed by atoms with Gasteiger partial charge in [0.25, 0.3) is 5.91 Å². The highest BCUT2D eigenvalue weighted by atomic mass is 32.1. The molecule has 0 aliphatic carbocycles. The summed E-state index contributed by atoms with van der Waals surface area (Å²) in [5.41, 5.74) is 3.72. The molecular weight excluding hydrogens is 384 g/mol. The van der Waals surface area contributed by atoms with Gasteiger partial charge in [0.05, 0.1) is 17.9 Å². The summed E-state index contributed by atoms with van der Waals surface area (Å²) in [6.45, 7) is 2.63. The Morgan fingerprint density at radius 1 is 1.17 bits per heavy atom. The van der Waals surface area contributed by atoms with E-state index in [0.717, 1.165) is 61.8 Å². The summed E-state index contributed by atoms with van der Waals surface area (Å²) < 4.78 is 5.57. The number of thiazole rings is 1. The monoisotopic (exact) mass is 406 g/mol. The molecule has 29 heavy (non-hydrogen) atoms. The third-order valence-electron chi connectivity index (χ3n) is 5.40. The van der Waals surface area contributed by atoms with Crippen LogP contribution in [0.4, 0.5) is 10.9 Å². The molecule has 2 aliphatic rings. The van der Waals surface area contributed by atoms with E-state index >= 15 is 0 Å². The number of nitrogens with zero attached hydrogens (tertiary/aromatic N) is 3. The minimum Gasteiger partial charge on any atom is -0.493 e. The summed E-state index contributed by atoms with van der Waals surface area (Å²) >= 11 is 1.43. The van der Waals surface area contributed by atoms with Gasteiger partial charge >= 0.3 is 0 Å². The molecule has 1 aromatic carbocycles. The molecule has 6 nitrogen and oxygen atoms in total. The van der Waals surface area contributed by atoms with Crippen LogP contribution in [0.1, 0.15) is 35.2 Å². The van der Waals surface area contributed by atoms with Crippen molar-refractivity contribution in [2.24, 2.45) is 0 Å². The predicted molar refractivity (Wildman–Crippen MR) is 115 cm³/mol. The average molecular weight is 407 g/mol. The summed E-state index contributed by atoms with van der Waals surface area (Å²) in [4.78, 5) is 24.3. The van der Waals surface area contributed by atoms with Gasteiger partial charge in [0.15, 0.2) is 5.13 Å². The number of rotatable bonds is 4. The van der Waals surface area contributed by atoms with Gasteiger partial charge in [0.2, 0.25) is 0 Å². The number of anilines is 2. The van der Waals surface area contributed by atoms with Gasteiger partial charge < -0.3 is 9.64 Å². The Balaban J connectivity index is 1.35. The maximum absolute atomic E-state index is 12.9. The first kappa shape index (κ1) is 18.1. The molecule has 1 amide bonds. The Labute approximate surface area is 173 Å². The van der Waals surface area contributed by atoms with E-state index in [-0.39, 0.29) is 5.91 Å². The Kier molecular flexibility index (Phi) is 4.89. The second-order valence-corrected chi connectivity index (χ2v) is 8.19.